The minimum atomic E-state index is 0.649. The van der Waals surface area contributed by atoms with Crippen LogP contribution in [0.25, 0.3) is 6.08 Å². The fourth-order valence-corrected chi connectivity index (χ4v) is 1.40. The molecule has 0 bridgehead atoms. The first-order chi connectivity index (χ1) is 8.21. The number of methoxy groups -OCH3 is 1. The Hall–Kier alpha value is -1.77. The molecule has 0 aliphatic heterocycles. The molecule has 3 heteroatoms. The summed E-state index contributed by atoms with van der Waals surface area (Å²) >= 11 is 0. The Bertz CT molecular complexity index is 408. The summed E-state index contributed by atoms with van der Waals surface area (Å²) in [5.41, 5.74) is 1.61. The summed E-state index contributed by atoms with van der Waals surface area (Å²) in [6.07, 6.45) is 3.58. The molecule has 0 saturated carbocycles. The third-order valence-corrected chi connectivity index (χ3v) is 2.23. The molecule has 0 heterocycles. The van der Waals surface area contributed by atoms with Gasteiger partial charge in [0.2, 0.25) is 0 Å². The summed E-state index contributed by atoms with van der Waals surface area (Å²) in [4.78, 5) is 10.6. The fraction of sp³-hybridized carbons (Fsp3) is 0.357. The number of carbonyl (C=O) groups is 1. The third-order valence-electron chi connectivity index (χ3n) is 2.23. The monoisotopic (exact) mass is 234 g/mol. The van der Waals surface area contributed by atoms with Gasteiger partial charge in [-0.05, 0) is 42.7 Å². The number of rotatable bonds is 6. The molecule has 0 aliphatic carbocycles. The molecule has 92 valence electrons. The fourth-order valence-electron chi connectivity index (χ4n) is 1.40. The highest BCUT2D eigenvalue weighted by molar-refractivity contribution is 5.81. The van der Waals surface area contributed by atoms with E-state index in [1.165, 1.54) is 0 Å². The average molecular weight is 234 g/mol. The second-order valence-corrected chi connectivity index (χ2v) is 3.76. The first kappa shape index (κ1) is 13.3. The van der Waals surface area contributed by atoms with Gasteiger partial charge < -0.3 is 9.47 Å². The lowest BCUT2D eigenvalue weighted by atomic mass is 10.1. The maximum Gasteiger partial charge on any atom is 0.161 e. The van der Waals surface area contributed by atoms with Crippen LogP contribution >= 0.6 is 0 Å². The van der Waals surface area contributed by atoms with Crippen molar-refractivity contribution in [3.8, 4) is 11.5 Å². The normalized spacial score (nSPS) is 11.1. The molecule has 0 fully saturated rings. The van der Waals surface area contributed by atoms with Crippen molar-refractivity contribution in [2.24, 2.45) is 0 Å². The average Bonchev–Trinajstić information content (AvgIpc) is 2.36. The highest BCUT2D eigenvalue weighted by Crippen LogP contribution is 2.28. The molecule has 3 nitrogen and oxygen atoms in total. The topological polar surface area (TPSA) is 35.5 Å². The maximum atomic E-state index is 10.6. The molecule has 1 aromatic carbocycles. The van der Waals surface area contributed by atoms with Crippen LogP contribution in [0, 0.1) is 0 Å². The van der Waals surface area contributed by atoms with Crippen LogP contribution in [0.1, 0.15) is 25.8 Å². The van der Waals surface area contributed by atoms with E-state index in [1.54, 1.807) is 14.0 Å². The van der Waals surface area contributed by atoms with Gasteiger partial charge in [-0.1, -0.05) is 13.0 Å². The van der Waals surface area contributed by atoms with Crippen molar-refractivity contribution < 1.29 is 14.3 Å². The summed E-state index contributed by atoms with van der Waals surface area (Å²) in [6, 6.07) is 5.61. The third kappa shape index (κ3) is 3.94. The number of hydrogen-bond acceptors (Lipinski definition) is 3. The van der Waals surface area contributed by atoms with E-state index in [0.29, 0.717) is 23.7 Å². The highest BCUT2D eigenvalue weighted by atomic mass is 16.5. The van der Waals surface area contributed by atoms with Gasteiger partial charge in [-0.3, -0.25) is 4.79 Å². The summed E-state index contributed by atoms with van der Waals surface area (Å²) in [6.45, 7) is 4.47. The Morgan fingerprint density at radius 1 is 1.35 bits per heavy atom. The molecule has 0 atom stereocenters. The number of ether oxygens (including phenoxy) is 2. The van der Waals surface area contributed by atoms with Crippen molar-refractivity contribution in [3.05, 3.63) is 29.3 Å². The Balaban J connectivity index is 2.99. The molecule has 0 spiro atoms. The summed E-state index contributed by atoms with van der Waals surface area (Å²) < 4.78 is 10.8. The van der Waals surface area contributed by atoms with E-state index in [-0.39, 0.29) is 0 Å². The van der Waals surface area contributed by atoms with Gasteiger partial charge in [0.1, 0.15) is 6.29 Å². The van der Waals surface area contributed by atoms with Gasteiger partial charge in [-0.2, -0.15) is 0 Å². The Morgan fingerprint density at radius 3 is 2.71 bits per heavy atom. The van der Waals surface area contributed by atoms with Crippen LogP contribution in [0.15, 0.2) is 23.8 Å². The number of benzene rings is 1. The van der Waals surface area contributed by atoms with Gasteiger partial charge in [0.25, 0.3) is 0 Å². The molecule has 0 aromatic heterocycles. The van der Waals surface area contributed by atoms with Gasteiger partial charge in [0, 0.05) is 0 Å². The molecule has 0 amide bonds. The molecular formula is C14H18O3. The Kier molecular flexibility index (Phi) is 5.27. The molecule has 0 N–H and O–H groups in total. The number of hydrogen-bond donors (Lipinski definition) is 0. The van der Waals surface area contributed by atoms with Crippen molar-refractivity contribution in [3.63, 3.8) is 0 Å². The Labute approximate surface area is 102 Å². The standard InChI is InChI=1S/C14H18O3/c1-4-7-17-14-9-12(8-11(2)10-15)5-6-13(14)16-3/h5-6,8-10H,4,7H2,1-3H3. The number of aldehydes is 1. The van der Waals surface area contributed by atoms with Crippen molar-refractivity contribution >= 4 is 12.4 Å². The quantitative estimate of drug-likeness (QED) is 0.560. The summed E-state index contributed by atoms with van der Waals surface area (Å²) in [5, 5.41) is 0. The van der Waals surface area contributed by atoms with E-state index in [1.807, 2.05) is 31.2 Å². The molecule has 0 radical (unpaired) electrons. The van der Waals surface area contributed by atoms with Crippen LogP contribution in [-0.2, 0) is 4.79 Å². The number of allylic oxidation sites excluding steroid dienone is 1. The zero-order valence-electron chi connectivity index (χ0n) is 10.5. The molecule has 0 aliphatic rings. The van der Waals surface area contributed by atoms with Crippen LogP contribution < -0.4 is 9.47 Å². The van der Waals surface area contributed by atoms with E-state index in [9.17, 15) is 4.79 Å². The summed E-state index contributed by atoms with van der Waals surface area (Å²) in [7, 11) is 1.61. The van der Waals surface area contributed by atoms with Crippen molar-refractivity contribution in [1.29, 1.82) is 0 Å². The second kappa shape index (κ2) is 6.74. The molecule has 1 rings (SSSR count). The predicted octanol–water partition coefficient (Wildman–Crippen LogP) is 3.09. The zero-order chi connectivity index (χ0) is 12.7. The van der Waals surface area contributed by atoms with Gasteiger partial charge in [0.05, 0.1) is 13.7 Å². The van der Waals surface area contributed by atoms with Gasteiger partial charge >= 0.3 is 0 Å². The molecule has 0 saturated heterocycles. The van der Waals surface area contributed by atoms with Gasteiger partial charge in [-0.15, -0.1) is 0 Å². The zero-order valence-corrected chi connectivity index (χ0v) is 10.5. The molecule has 0 unspecified atom stereocenters. The van der Waals surface area contributed by atoms with Crippen molar-refractivity contribution in [2.75, 3.05) is 13.7 Å². The first-order valence-electron chi connectivity index (χ1n) is 5.65. The van der Waals surface area contributed by atoms with Crippen LogP contribution in [0.3, 0.4) is 0 Å². The lowest BCUT2D eigenvalue weighted by Gasteiger charge is -2.10. The van der Waals surface area contributed by atoms with Gasteiger partial charge in [-0.25, -0.2) is 0 Å². The van der Waals surface area contributed by atoms with E-state index in [0.717, 1.165) is 18.3 Å². The minimum absolute atomic E-state index is 0.649. The minimum Gasteiger partial charge on any atom is -0.493 e. The molecular weight excluding hydrogens is 216 g/mol. The lowest BCUT2D eigenvalue weighted by molar-refractivity contribution is -0.104. The smallest absolute Gasteiger partial charge is 0.161 e. The summed E-state index contributed by atoms with van der Waals surface area (Å²) in [5.74, 6) is 1.42. The number of carbonyl (C=O) groups excluding carboxylic acids is 1. The van der Waals surface area contributed by atoms with Gasteiger partial charge in [0.15, 0.2) is 11.5 Å². The van der Waals surface area contributed by atoms with Crippen LogP contribution in [0.4, 0.5) is 0 Å². The van der Waals surface area contributed by atoms with Crippen molar-refractivity contribution in [1.82, 2.24) is 0 Å². The van der Waals surface area contributed by atoms with E-state index in [2.05, 4.69) is 0 Å². The van der Waals surface area contributed by atoms with Crippen LogP contribution in [0.2, 0.25) is 0 Å². The maximum absolute atomic E-state index is 10.6. The highest BCUT2D eigenvalue weighted by Gasteiger charge is 2.04. The van der Waals surface area contributed by atoms with E-state index < -0.39 is 0 Å². The molecule has 1 aromatic rings. The van der Waals surface area contributed by atoms with Crippen LogP contribution in [-0.4, -0.2) is 20.0 Å². The van der Waals surface area contributed by atoms with Crippen LogP contribution in [0.5, 0.6) is 11.5 Å². The van der Waals surface area contributed by atoms with E-state index >= 15 is 0 Å². The SMILES string of the molecule is CCCOc1cc(C=C(C)C=O)ccc1OC. The largest absolute Gasteiger partial charge is 0.493 e. The van der Waals surface area contributed by atoms with Crippen molar-refractivity contribution in [2.45, 2.75) is 20.3 Å². The second-order valence-electron chi connectivity index (χ2n) is 3.76. The first-order valence-corrected chi connectivity index (χ1v) is 5.65. The van der Waals surface area contributed by atoms with E-state index in [4.69, 9.17) is 9.47 Å². The predicted molar refractivity (Wildman–Crippen MR) is 68.5 cm³/mol. The molecule has 17 heavy (non-hydrogen) atoms. The lowest BCUT2D eigenvalue weighted by Crippen LogP contribution is -1.98. The Morgan fingerprint density at radius 2 is 2.12 bits per heavy atom.